The molecule has 1 heterocycles. The molecule has 0 atom stereocenters. The number of halogens is 3. The van der Waals surface area contributed by atoms with Gasteiger partial charge in [-0.25, -0.2) is 4.79 Å². The van der Waals surface area contributed by atoms with Crippen LogP contribution >= 0.6 is 0 Å². The largest absolute Gasteiger partial charge is 0.416 e. The summed E-state index contributed by atoms with van der Waals surface area (Å²) in [6.07, 6.45) is -3.08. The van der Waals surface area contributed by atoms with E-state index in [-0.39, 0.29) is 24.5 Å². The van der Waals surface area contributed by atoms with Gasteiger partial charge in [0.2, 0.25) is 0 Å². The van der Waals surface area contributed by atoms with Gasteiger partial charge in [-0.05, 0) is 42.7 Å². The molecular weight excluding hydrogens is 383 g/mol. The van der Waals surface area contributed by atoms with Crippen LogP contribution in [0.15, 0.2) is 54.6 Å². The summed E-state index contributed by atoms with van der Waals surface area (Å²) in [5.74, 6) is -0.129. The van der Waals surface area contributed by atoms with Crippen molar-refractivity contribution >= 4 is 11.9 Å². The number of carbonyl (C=O) groups excluding carboxylic acids is 2. The number of urea groups is 1. The average Bonchev–Trinajstić information content (AvgIpc) is 2.73. The molecule has 29 heavy (non-hydrogen) atoms. The van der Waals surface area contributed by atoms with Crippen LogP contribution in [0.5, 0.6) is 0 Å². The van der Waals surface area contributed by atoms with E-state index in [1.165, 1.54) is 12.1 Å². The fourth-order valence-corrected chi connectivity index (χ4v) is 3.19. The first-order chi connectivity index (χ1) is 13.8. The van der Waals surface area contributed by atoms with Crippen LogP contribution in [-0.2, 0) is 12.7 Å². The molecule has 0 aliphatic carbocycles. The highest BCUT2D eigenvalue weighted by Crippen LogP contribution is 2.29. The molecule has 1 saturated heterocycles. The number of piperidine rings is 1. The van der Waals surface area contributed by atoms with Gasteiger partial charge >= 0.3 is 12.2 Å². The van der Waals surface area contributed by atoms with E-state index in [1.807, 2.05) is 6.07 Å². The monoisotopic (exact) mass is 405 g/mol. The van der Waals surface area contributed by atoms with E-state index in [1.54, 1.807) is 29.2 Å². The Balaban J connectivity index is 1.42. The zero-order valence-corrected chi connectivity index (χ0v) is 15.7. The maximum atomic E-state index is 12.6. The molecule has 3 amide bonds. The van der Waals surface area contributed by atoms with Gasteiger partial charge < -0.3 is 15.5 Å². The lowest BCUT2D eigenvalue weighted by Crippen LogP contribution is -2.49. The maximum absolute atomic E-state index is 12.6. The highest BCUT2D eigenvalue weighted by molar-refractivity contribution is 5.94. The number of rotatable bonds is 4. The average molecular weight is 405 g/mol. The molecule has 0 spiro atoms. The minimum absolute atomic E-state index is 0.00155. The summed E-state index contributed by atoms with van der Waals surface area (Å²) < 4.78 is 37.7. The van der Waals surface area contributed by atoms with Crippen molar-refractivity contribution in [3.63, 3.8) is 0 Å². The SMILES string of the molecule is O=C(NC1CCN(C(=O)NCc2ccc(C(F)(F)F)cc2)CC1)c1ccccc1. The van der Waals surface area contributed by atoms with Gasteiger partial charge in [0.1, 0.15) is 0 Å². The number of alkyl halides is 3. The molecule has 8 heteroatoms. The number of hydrogen-bond acceptors (Lipinski definition) is 2. The molecule has 0 unspecified atom stereocenters. The van der Waals surface area contributed by atoms with Crippen LogP contribution in [0.2, 0.25) is 0 Å². The Bertz CT molecular complexity index is 830. The molecule has 1 aliphatic rings. The summed E-state index contributed by atoms with van der Waals surface area (Å²) in [6, 6.07) is 13.4. The standard InChI is InChI=1S/C21H22F3N3O2/c22-21(23,24)17-8-6-15(7-9-17)14-25-20(29)27-12-10-18(11-13-27)26-19(28)16-4-2-1-3-5-16/h1-9,18H,10-14H2,(H,25,29)(H,26,28). The molecule has 5 nitrogen and oxygen atoms in total. The lowest BCUT2D eigenvalue weighted by molar-refractivity contribution is -0.137. The number of hydrogen-bond donors (Lipinski definition) is 2. The first kappa shape index (κ1) is 20.7. The van der Waals surface area contributed by atoms with E-state index in [4.69, 9.17) is 0 Å². The first-order valence-electron chi connectivity index (χ1n) is 9.38. The predicted octanol–water partition coefficient (Wildman–Crippen LogP) is 3.81. The van der Waals surface area contributed by atoms with Crippen molar-refractivity contribution in [2.75, 3.05) is 13.1 Å². The smallest absolute Gasteiger partial charge is 0.349 e. The summed E-state index contributed by atoms with van der Waals surface area (Å²) in [7, 11) is 0. The number of nitrogens with zero attached hydrogens (tertiary/aromatic N) is 1. The summed E-state index contributed by atoms with van der Waals surface area (Å²) in [4.78, 5) is 26.1. The molecule has 0 radical (unpaired) electrons. The Morgan fingerprint density at radius 1 is 0.966 bits per heavy atom. The summed E-state index contributed by atoms with van der Waals surface area (Å²) in [6.45, 7) is 1.15. The van der Waals surface area contributed by atoms with Crippen LogP contribution in [-0.4, -0.2) is 36.0 Å². The van der Waals surface area contributed by atoms with Gasteiger partial charge in [0.15, 0.2) is 0 Å². The van der Waals surface area contributed by atoms with Gasteiger partial charge in [-0.3, -0.25) is 4.79 Å². The number of benzene rings is 2. The Labute approximate surface area is 166 Å². The molecule has 1 aliphatic heterocycles. The second kappa shape index (κ2) is 8.98. The number of likely N-dealkylation sites (tertiary alicyclic amines) is 1. The summed E-state index contributed by atoms with van der Waals surface area (Å²) in [5.41, 5.74) is 0.479. The van der Waals surface area contributed by atoms with E-state index in [0.717, 1.165) is 12.1 Å². The number of nitrogens with one attached hydrogen (secondary N) is 2. The van der Waals surface area contributed by atoms with Gasteiger partial charge in [0.25, 0.3) is 5.91 Å². The Morgan fingerprint density at radius 3 is 2.17 bits per heavy atom. The van der Waals surface area contributed by atoms with Crippen LogP contribution in [0.25, 0.3) is 0 Å². The van der Waals surface area contributed by atoms with Crippen LogP contribution < -0.4 is 10.6 Å². The van der Waals surface area contributed by atoms with E-state index in [9.17, 15) is 22.8 Å². The van der Waals surface area contributed by atoms with Crippen LogP contribution in [0, 0.1) is 0 Å². The molecule has 1 fully saturated rings. The van der Waals surface area contributed by atoms with E-state index in [0.29, 0.717) is 37.1 Å². The highest BCUT2D eigenvalue weighted by Gasteiger charge is 2.30. The van der Waals surface area contributed by atoms with E-state index >= 15 is 0 Å². The van der Waals surface area contributed by atoms with Crippen LogP contribution in [0.4, 0.5) is 18.0 Å². The maximum Gasteiger partial charge on any atom is 0.416 e. The molecule has 0 saturated carbocycles. The second-order valence-electron chi connectivity index (χ2n) is 6.95. The van der Waals surface area contributed by atoms with Crippen molar-refractivity contribution in [2.45, 2.75) is 31.6 Å². The van der Waals surface area contributed by atoms with Gasteiger partial charge in [-0.15, -0.1) is 0 Å². The quantitative estimate of drug-likeness (QED) is 0.813. The van der Waals surface area contributed by atoms with Crippen molar-refractivity contribution < 1.29 is 22.8 Å². The minimum atomic E-state index is -4.37. The van der Waals surface area contributed by atoms with Gasteiger partial charge in [-0.2, -0.15) is 13.2 Å². The number of carbonyl (C=O) groups is 2. The van der Waals surface area contributed by atoms with Gasteiger partial charge in [-0.1, -0.05) is 30.3 Å². The lowest BCUT2D eigenvalue weighted by atomic mass is 10.0. The van der Waals surface area contributed by atoms with Crippen molar-refractivity contribution in [1.29, 1.82) is 0 Å². The molecule has 2 N–H and O–H groups in total. The third kappa shape index (κ3) is 5.73. The number of amides is 3. The zero-order chi connectivity index (χ0) is 20.9. The Morgan fingerprint density at radius 2 is 1.59 bits per heavy atom. The third-order valence-corrected chi connectivity index (χ3v) is 4.88. The normalized spacial score (nSPS) is 15.1. The lowest BCUT2D eigenvalue weighted by Gasteiger charge is -2.32. The predicted molar refractivity (Wildman–Crippen MR) is 102 cm³/mol. The zero-order valence-electron chi connectivity index (χ0n) is 15.7. The summed E-state index contributed by atoms with van der Waals surface area (Å²) in [5, 5.41) is 5.71. The van der Waals surface area contributed by atoms with Crippen LogP contribution in [0.1, 0.15) is 34.3 Å². The second-order valence-corrected chi connectivity index (χ2v) is 6.95. The molecule has 0 bridgehead atoms. The first-order valence-corrected chi connectivity index (χ1v) is 9.38. The van der Waals surface area contributed by atoms with Gasteiger partial charge in [0.05, 0.1) is 5.56 Å². The topological polar surface area (TPSA) is 61.4 Å². The highest BCUT2D eigenvalue weighted by atomic mass is 19.4. The van der Waals surface area contributed by atoms with Crippen molar-refractivity contribution in [2.24, 2.45) is 0 Å². The van der Waals surface area contributed by atoms with Crippen LogP contribution in [0.3, 0.4) is 0 Å². The fourth-order valence-electron chi connectivity index (χ4n) is 3.19. The molecule has 2 aromatic rings. The van der Waals surface area contributed by atoms with Crippen molar-refractivity contribution in [3.05, 3.63) is 71.3 Å². The Hall–Kier alpha value is -3.03. The third-order valence-electron chi connectivity index (χ3n) is 4.88. The summed E-state index contributed by atoms with van der Waals surface area (Å²) >= 11 is 0. The van der Waals surface area contributed by atoms with E-state index < -0.39 is 11.7 Å². The molecule has 154 valence electrons. The minimum Gasteiger partial charge on any atom is -0.349 e. The fraction of sp³-hybridized carbons (Fsp3) is 0.333. The van der Waals surface area contributed by atoms with Crippen molar-refractivity contribution in [1.82, 2.24) is 15.5 Å². The molecule has 2 aromatic carbocycles. The molecule has 3 rings (SSSR count). The molecule has 0 aromatic heterocycles. The van der Waals surface area contributed by atoms with E-state index in [2.05, 4.69) is 10.6 Å². The van der Waals surface area contributed by atoms with Gasteiger partial charge in [0, 0.05) is 31.2 Å². The molecular formula is C21H22F3N3O2. The Kier molecular flexibility index (Phi) is 6.41. The van der Waals surface area contributed by atoms with Crippen molar-refractivity contribution in [3.8, 4) is 0 Å².